The van der Waals surface area contributed by atoms with Crippen molar-refractivity contribution in [2.75, 3.05) is 6.54 Å². The van der Waals surface area contributed by atoms with Crippen molar-refractivity contribution in [3.63, 3.8) is 0 Å². The second-order valence-electron chi connectivity index (χ2n) is 6.78. The number of aryl methyl sites for hydroxylation is 1. The van der Waals surface area contributed by atoms with Crippen LogP contribution < -0.4 is 5.32 Å². The van der Waals surface area contributed by atoms with Gasteiger partial charge in [-0.1, -0.05) is 19.3 Å². The van der Waals surface area contributed by atoms with E-state index in [4.69, 9.17) is 0 Å². The van der Waals surface area contributed by atoms with Crippen LogP contribution in [0.2, 0.25) is 0 Å². The molecule has 0 bridgehead atoms. The largest absolute Gasteiger partial charge is 0.481 e. The SMILES string of the molecule is Cc1cc(C(=O)NCC2(C(=O)O)CCCCC2)ccc1-n1cccn1. The van der Waals surface area contributed by atoms with Crippen molar-refractivity contribution in [2.24, 2.45) is 5.41 Å². The van der Waals surface area contributed by atoms with Gasteiger partial charge in [-0.15, -0.1) is 0 Å². The zero-order valence-electron chi connectivity index (χ0n) is 14.4. The zero-order valence-corrected chi connectivity index (χ0v) is 14.4. The van der Waals surface area contributed by atoms with Crippen LogP contribution in [0.25, 0.3) is 5.69 Å². The lowest BCUT2D eigenvalue weighted by Crippen LogP contribution is -2.44. The zero-order chi connectivity index (χ0) is 17.9. The van der Waals surface area contributed by atoms with E-state index in [2.05, 4.69) is 10.4 Å². The molecule has 0 unspecified atom stereocenters. The van der Waals surface area contributed by atoms with E-state index in [0.717, 1.165) is 30.5 Å². The topological polar surface area (TPSA) is 84.2 Å². The summed E-state index contributed by atoms with van der Waals surface area (Å²) < 4.78 is 1.75. The number of nitrogens with one attached hydrogen (secondary N) is 1. The van der Waals surface area contributed by atoms with Crippen molar-refractivity contribution in [3.05, 3.63) is 47.8 Å². The summed E-state index contributed by atoms with van der Waals surface area (Å²) in [7, 11) is 0. The third-order valence-electron chi connectivity index (χ3n) is 5.06. The number of carboxylic acid groups (broad SMARTS) is 1. The maximum atomic E-state index is 12.5. The van der Waals surface area contributed by atoms with E-state index in [1.165, 1.54) is 0 Å². The number of rotatable bonds is 5. The molecule has 6 heteroatoms. The van der Waals surface area contributed by atoms with E-state index in [1.54, 1.807) is 23.0 Å². The van der Waals surface area contributed by atoms with Gasteiger partial charge in [-0.3, -0.25) is 9.59 Å². The van der Waals surface area contributed by atoms with Crippen LogP contribution in [0.5, 0.6) is 0 Å². The standard InChI is InChI=1S/C19H23N3O3/c1-14-12-15(6-7-16(14)22-11-5-10-21-22)17(23)20-13-19(18(24)25)8-3-2-4-9-19/h5-7,10-12H,2-4,8-9,13H2,1H3,(H,20,23)(H,24,25). The summed E-state index contributed by atoms with van der Waals surface area (Å²) in [5.41, 5.74) is 1.56. The Balaban J connectivity index is 1.71. The van der Waals surface area contributed by atoms with Gasteiger partial charge in [0, 0.05) is 24.5 Å². The third-order valence-corrected chi connectivity index (χ3v) is 5.06. The predicted molar refractivity (Wildman–Crippen MR) is 93.8 cm³/mol. The van der Waals surface area contributed by atoms with Gasteiger partial charge in [0.05, 0.1) is 11.1 Å². The number of hydrogen-bond acceptors (Lipinski definition) is 3. The van der Waals surface area contributed by atoms with Crippen molar-refractivity contribution in [2.45, 2.75) is 39.0 Å². The molecule has 1 saturated carbocycles. The number of aliphatic carboxylic acids is 1. The van der Waals surface area contributed by atoms with E-state index in [1.807, 2.05) is 25.3 Å². The van der Waals surface area contributed by atoms with Crippen molar-refractivity contribution in [1.29, 1.82) is 0 Å². The van der Waals surface area contributed by atoms with Crippen LogP contribution >= 0.6 is 0 Å². The number of carbonyl (C=O) groups excluding carboxylic acids is 1. The van der Waals surface area contributed by atoms with Gasteiger partial charge in [-0.25, -0.2) is 4.68 Å². The molecule has 0 atom stereocenters. The normalized spacial score (nSPS) is 16.4. The molecular weight excluding hydrogens is 318 g/mol. The minimum absolute atomic E-state index is 0.182. The van der Waals surface area contributed by atoms with Crippen LogP contribution in [0.3, 0.4) is 0 Å². The van der Waals surface area contributed by atoms with Gasteiger partial charge in [-0.2, -0.15) is 5.10 Å². The fourth-order valence-electron chi connectivity index (χ4n) is 3.51. The molecule has 0 aliphatic heterocycles. The molecule has 1 amide bonds. The summed E-state index contributed by atoms with van der Waals surface area (Å²) >= 11 is 0. The third kappa shape index (κ3) is 3.57. The molecule has 0 radical (unpaired) electrons. The van der Waals surface area contributed by atoms with E-state index in [0.29, 0.717) is 18.4 Å². The minimum atomic E-state index is -0.821. The Labute approximate surface area is 146 Å². The van der Waals surface area contributed by atoms with Crippen molar-refractivity contribution >= 4 is 11.9 Å². The van der Waals surface area contributed by atoms with Crippen molar-refractivity contribution in [1.82, 2.24) is 15.1 Å². The Morgan fingerprint density at radius 2 is 2.04 bits per heavy atom. The summed E-state index contributed by atoms with van der Waals surface area (Å²) in [5.74, 6) is -1.04. The van der Waals surface area contributed by atoms with E-state index in [9.17, 15) is 14.7 Å². The monoisotopic (exact) mass is 341 g/mol. The number of aromatic nitrogens is 2. The lowest BCUT2D eigenvalue weighted by Gasteiger charge is -2.33. The summed E-state index contributed by atoms with van der Waals surface area (Å²) in [6.45, 7) is 2.11. The number of carbonyl (C=O) groups is 2. The van der Waals surface area contributed by atoms with Crippen LogP contribution in [0.1, 0.15) is 48.0 Å². The van der Waals surface area contributed by atoms with Crippen LogP contribution in [0.15, 0.2) is 36.7 Å². The first kappa shape index (κ1) is 17.2. The number of benzene rings is 1. The first-order chi connectivity index (χ1) is 12.0. The number of hydrogen-bond donors (Lipinski definition) is 2. The molecule has 1 aliphatic rings. The average molecular weight is 341 g/mol. The minimum Gasteiger partial charge on any atom is -0.481 e. The summed E-state index contributed by atoms with van der Waals surface area (Å²) in [4.78, 5) is 24.2. The van der Waals surface area contributed by atoms with Crippen LogP contribution in [0, 0.1) is 12.3 Å². The molecule has 25 heavy (non-hydrogen) atoms. The molecule has 1 aromatic heterocycles. The fraction of sp³-hybridized carbons (Fsp3) is 0.421. The highest BCUT2D eigenvalue weighted by Crippen LogP contribution is 2.36. The first-order valence-corrected chi connectivity index (χ1v) is 8.64. The van der Waals surface area contributed by atoms with E-state index >= 15 is 0 Å². The van der Waals surface area contributed by atoms with Gasteiger partial charge in [0.1, 0.15) is 0 Å². The Kier molecular flexibility index (Phi) is 4.88. The van der Waals surface area contributed by atoms with Crippen molar-refractivity contribution < 1.29 is 14.7 Å². The molecule has 1 aliphatic carbocycles. The molecule has 2 N–H and O–H groups in total. The maximum absolute atomic E-state index is 12.5. The highest BCUT2D eigenvalue weighted by Gasteiger charge is 2.39. The van der Waals surface area contributed by atoms with Crippen LogP contribution in [0.4, 0.5) is 0 Å². The Hall–Kier alpha value is -2.63. The molecular formula is C19H23N3O3. The van der Waals surface area contributed by atoms with Gasteiger partial charge in [0.2, 0.25) is 0 Å². The molecule has 132 valence electrons. The molecule has 1 aromatic carbocycles. The lowest BCUT2D eigenvalue weighted by molar-refractivity contribution is -0.150. The lowest BCUT2D eigenvalue weighted by atomic mass is 9.74. The molecule has 1 heterocycles. The fourth-order valence-corrected chi connectivity index (χ4v) is 3.51. The summed E-state index contributed by atoms with van der Waals surface area (Å²) in [6.07, 6.45) is 7.67. The van der Waals surface area contributed by atoms with Crippen LogP contribution in [-0.4, -0.2) is 33.3 Å². The highest BCUT2D eigenvalue weighted by molar-refractivity contribution is 5.95. The predicted octanol–water partition coefficient (Wildman–Crippen LogP) is 2.95. The smallest absolute Gasteiger partial charge is 0.311 e. The second kappa shape index (κ2) is 7.09. The van der Waals surface area contributed by atoms with Gasteiger partial charge < -0.3 is 10.4 Å². The first-order valence-electron chi connectivity index (χ1n) is 8.64. The Bertz CT molecular complexity index is 762. The van der Waals surface area contributed by atoms with Gasteiger partial charge >= 0.3 is 5.97 Å². The van der Waals surface area contributed by atoms with E-state index < -0.39 is 11.4 Å². The molecule has 6 nitrogen and oxygen atoms in total. The number of nitrogens with zero attached hydrogens (tertiary/aromatic N) is 2. The molecule has 2 aromatic rings. The van der Waals surface area contributed by atoms with E-state index in [-0.39, 0.29) is 12.5 Å². The van der Waals surface area contributed by atoms with Gasteiger partial charge in [0.25, 0.3) is 5.91 Å². The summed E-state index contributed by atoms with van der Waals surface area (Å²) in [6, 6.07) is 7.24. The molecule has 0 saturated heterocycles. The Morgan fingerprint density at radius 1 is 1.28 bits per heavy atom. The molecule has 1 fully saturated rings. The quantitative estimate of drug-likeness (QED) is 0.876. The number of carboxylic acids is 1. The highest BCUT2D eigenvalue weighted by atomic mass is 16.4. The van der Waals surface area contributed by atoms with Gasteiger partial charge in [-0.05, 0) is 49.6 Å². The second-order valence-corrected chi connectivity index (χ2v) is 6.78. The maximum Gasteiger partial charge on any atom is 0.311 e. The van der Waals surface area contributed by atoms with Gasteiger partial charge in [0.15, 0.2) is 0 Å². The van der Waals surface area contributed by atoms with Crippen LogP contribution in [-0.2, 0) is 4.79 Å². The molecule has 3 rings (SSSR count). The van der Waals surface area contributed by atoms with Crippen molar-refractivity contribution in [3.8, 4) is 5.69 Å². The summed E-state index contributed by atoms with van der Waals surface area (Å²) in [5, 5.41) is 16.6. The average Bonchev–Trinajstić information content (AvgIpc) is 3.14. The molecule has 0 spiro atoms. The number of amides is 1. The Morgan fingerprint density at radius 3 is 2.64 bits per heavy atom.